The van der Waals surface area contributed by atoms with Crippen molar-refractivity contribution in [1.29, 1.82) is 0 Å². The molecule has 2 aliphatic heterocycles. The van der Waals surface area contributed by atoms with Gasteiger partial charge in [0, 0.05) is 15.7 Å². The molecule has 0 bridgehead atoms. The van der Waals surface area contributed by atoms with E-state index in [1.54, 1.807) is 24.3 Å². The van der Waals surface area contributed by atoms with Gasteiger partial charge in [-0.25, -0.2) is 14.8 Å². The number of phenols is 1. The fourth-order valence-electron chi connectivity index (χ4n) is 4.00. The molecule has 5 rings (SSSR count). The van der Waals surface area contributed by atoms with Gasteiger partial charge in [-0.1, -0.05) is 30.3 Å². The van der Waals surface area contributed by atoms with Crippen molar-refractivity contribution < 1.29 is 14.6 Å². The number of esters is 1. The number of benzene rings is 3. The molecule has 3 aromatic rings. The van der Waals surface area contributed by atoms with Crippen molar-refractivity contribution in [3.63, 3.8) is 0 Å². The fraction of sp³-hybridized carbons (Fsp3) is 0.125. The highest BCUT2D eigenvalue weighted by molar-refractivity contribution is 6.53. The van der Waals surface area contributed by atoms with E-state index >= 15 is 0 Å². The number of aliphatic imine (C=N–C) groups is 1. The molecule has 0 unspecified atom stereocenters. The summed E-state index contributed by atoms with van der Waals surface area (Å²) in [7, 11) is 0. The van der Waals surface area contributed by atoms with E-state index in [0.29, 0.717) is 5.71 Å². The Morgan fingerprint density at radius 1 is 1.00 bits per heavy atom. The monoisotopic (exact) mass is 382 g/mol. The van der Waals surface area contributed by atoms with Crippen LogP contribution in [-0.2, 0) is 16.1 Å². The van der Waals surface area contributed by atoms with Crippen LogP contribution in [-0.4, -0.2) is 16.8 Å². The van der Waals surface area contributed by atoms with Gasteiger partial charge in [0.1, 0.15) is 12.4 Å². The molecule has 1 N–H and O–H groups in total. The molecule has 29 heavy (non-hydrogen) atoms. The molecule has 2 aliphatic rings. The highest BCUT2D eigenvalue weighted by Gasteiger charge is 2.25. The summed E-state index contributed by atoms with van der Waals surface area (Å²) in [6.07, 6.45) is 0. The molecule has 0 saturated carbocycles. The van der Waals surface area contributed by atoms with Crippen LogP contribution in [0.1, 0.15) is 18.1 Å². The maximum atomic E-state index is 12.7. The summed E-state index contributed by atoms with van der Waals surface area (Å²) in [4.78, 5) is 22.1. The van der Waals surface area contributed by atoms with Crippen LogP contribution in [0.25, 0.3) is 5.57 Å². The van der Waals surface area contributed by atoms with Crippen molar-refractivity contribution >= 4 is 28.6 Å². The van der Waals surface area contributed by atoms with Gasteiger partial charge < -0.3 is 9.84 Å². The SMILES string of the molecule is CC1=c2c(cc3c(c2C)N=c2ccccc2=3)N=C1C(=O)OCc1cccc(O)c1. The second kappa shape index (κ2) is 6.41. The molecule has 0 saturated heterocycles. The third-order valence-corrected chi connectivity index (χ3v) is 5.39. The summed E-state index contributed by atoms with van der Waals surface area (Å²) in [6, 6.07) is 16.7. The highest BCUT2D eigenvalue weighted by atomic mass is 16.5. The van der Waals surface area contributed by atoms with Gasteiger partial charge in [-0.2, -0.15) is 0 Å². The second-order valence-corrected chi connectivity index (χ2v) is 7.25. The number of hydrogen-bond acceptors (Lipinski definition) is 5. The van der Waals surface area contributed by atoms with Gasteiger partial charge in [-0.3, -0.25) is 0 Å². The number of ether oxygens (including phenoxy) is 1. The zero-order valence-electron chi connectivity index (χ0n) is 16.1. The molecule has 0 aromatic heterocycles. The highest BCUT2D eigenvalue weighted by Crippen LogP contribution is 2.28. The molecule has 2 heterocycles. The zero-order chi connectivity index (χ0) is 20.1. The summed E-state index contributed by atoms with van der Waals surface area (Å²) in [5.74, 6) is -0.333. The first-order valence-electron chi connectivity index (χ1n) is 9.39. The lowest BCUT2D eigenvalue weighted by molar-refractivity contribution is -0.136. The van der Waals surface area contributed by atoms with Gasteiger partial charge in [0.2, 0.25) is 0 Å². The molecule has 0 atom stereocenters. The average molecular weight is 382 g/mol. The van der Waals surface area contributed by atoms with Crippen LogP contribution in [0.5, 0.6) is 5.75 Å². The third kappa shape index (κ3) is 2.74. The van der Waals surface area contributed by atoms with E-state index < -0.39 is 5.97 Å². The molecule has 142 valence electrons. The third-order valence-electron chi connectivity index (χ3n) is 5.39. The standard InChI is InChI=1S/C24H18N2O3/c1-13-21-14(2)23(24(28)29-12-15-6-5-7-16(27)10-15)26-20(21)11-18-17-8-3-4-9-19(17)25-22(13)18/h3-11,27H,12H2,1-2H3. The number of rotatable bonds is 3. The Kier molecular flexibility index (Phi) is 3.84. The minimum Gasteiger partial charge on any atom is -0.508 e. The molecule has 0 radical (unpaired) electrons. The summed E-state index contributed by atoms with van der Waals surface area (Å²) in [5, 5.41) is 13.6. The number of para-hydroxylation sites is 1. The van der Waals surface area contributed by atoms with Gasteiger partial charge in [0.15, 0.2) is 5.71 Å². The van der Waals surface area contributed by atoms with Crippen molar-refractivity contribution in [3.05, 3.63) is 86.7 Å². The number of nitrogens with zero attached hydrogens (tertiary/aromatic N) is 2. The van der Waals surface area contributed by atoms with Crippen LogP contribution >= 0.6 is 0 Å². The summed E-state index contributed by atoms with van der Waals surface area (Å²) >= 11 is 0. The predicted octanol–water partition coefficient (Wildman–Crippen LogP) is 3.25. The largest absolute Gasteiger partial charge is 0.508 e. The van der Waals surface area contributed by atoms with Gasteiger partial charge >= 0.3 is 5.97 Å². The van der Waals surface area contributed by atoms with Crippen LogP contribution in [0.15, 0.2) is 64.6 Å². The van der Waals surface area contributed by atoms with E-state index in [-0.39, 0.29) is 12.4 Å². The van der Waals surface area contributed by atoms with Gasteiger partial charge in [-0.05, 0) is 54.8 Å². The van der Waals surface area contributed by atoms with Crippen LogP contribution in [0.3, 0.4) is 0 Å². The molecular formula is C24H18N2O3. The molecule has 5 nitrogen and oxygen atoms in total. The topological polar surface area (TPSA) is 71.2 Å². The lowest BCUT2D eigenvalue weighted by Crippen LogP contribution is -2.19. The van der Waals surface area contributed by atoms with Crippen molar-refractivity contribution in [2.75, 3.05) is 0 Å². The average Bonchev–Trinajstić information content (AvgIpc) is 3.25. The van der Waals surface area contributed by atoms with Crippen LogP contribution in [0, 0.1) is 17.4 Å². The molecule has 5 heteroatoms. The maximum absolute atomic E-state index is 12.7. The Hall–Kier alpha value is -3.73. The van der Waals surface area contributed by atoms with Crippen molar-refractivity contribution in [3.8, 4) is 5.75 Å². The summed E-state index contributed by atoms with van der Waals surface area (Å²) < 4.78 is 5.44. The van der Waals surface area contributed by atoms with Gasteiger partial charge in [0.25, 0.3) is 0 Å². The quantitative estimate of drug-likeness (QED) is 0.553. The van der Waals surface area contributed by atoms with E-state index in [1.807, 2.05) is 38.1 Å². The summed E-state index contributed by atoms with van der Waals surface area (Å²) in [6.45, 7) is 3.99. The normalized spacial score (nSPS) is 13.3. The minimum absolute atomic E-state index is 0.0774. The Balaban J connectivity index is 1.54. The van der Waals surface area contributed by atoms with Gasteiger partial charge in [0.05, 0.1) is 16.7 Å². The Labute approximate surface area is 166 Å². The smallest absolute Gasteiger partial charge is 0.357 e. The zero-order valence-corrected chi connectivity index (χ0v) is 16.1. The van der Waals surface area contributed by atoms with Crippen molar-refractivity contribution in [2.24, 2.45) is 9.98 Å². The first-order chi connectivity index (χ1) is 14.0. The molecule has 0 spiro atoms. The lowest BCUT2D eigenvalue weighted by atomic mass is 10.0. The first kappa shape index (κ1) is 17.4. The Morgan fingerprint density at radius 3 is 2.66 bits per heavy atom. The second-order valence-electron chi connectivity index (χ2n) is 7.25. The van der Waals surface area contributed by atoms with E-state index in [2.05, 4.69) is 11.1 Å². The number of carbonyl (C=O) groups is 1. The van der Waals surface area contributed by atoms with E-state index in [0.717, 1.165) is 49.1 Å². The van der Waals surface area contributed by atoms with Crippen LogP contribution in [0.4, 0.5) is 11.4 Å². The van der Waals surface area contributed by atoms with Crippen LogP contribution < -0.4 is 10.6 Å². The molecular weight excluding hydrogens is 364 g/mol. The van der Waals surface area contributed by atoms with E-state index in [9.17, 15) is 9.90 Å². The van der Waals surface area contributed by atoms with E-state index in [4.69, 9.17) is 9.73 Å². The number of carbonyl (C=O) groups excluding carboxylic acids is 1. The van der Waals surface area contributed by atoms with Crippen molar-refractivity contribution in [1.82, 2.24) is 0 Å². The molecule has 0 aliphatic carbocycles. The number of aromatic hydroxyl groups is 1. The number of hydrogen-bond donors (Lipinski definition) is 1. The minimum atomic E-state index is -0.473. The molecule has 0 fully saturated rings. The van der Waals surface area contributed by atoms with E-state index in [1.165, 1.54) is 0 Å². The summed E-state index contributed by atoms with van der Waals surface area (Å²) in [5.41, 5.74) is 4.57. The number of fused-ring (bicyclic) bond motifs is 3. The molecule has 3 aromatic carbocycles. The van der Waals surface area contributed by atoms with Gasteiger partial charge in [-0.15, -0.1) is 0 Å². The Bertz CT molecular complexity index is 1450. The lowest BCUT2D eigenvalue weighted by Gasteiger charge is -2.06. The van der Waals surface area contributed by atoms with Crippen LogP contribution in [0.2, 0.25) is 0 Å². The fourth-order valence-corrected chi connectivity index (χ4v) is 4.00. The number of phenolic OH excluding ortho intramolecular Hbond substituents is 1. The maximum Gasteiger partial charge on any atom is 0.357 e. The van der Waals surface area contributed by atoms with Crippen molar-refractivity contribution in [2.45, 2.75) is 20.5 Å². The molecule has 0 amide bonds. The predicted molar refractivity (Wildman–Crippen MR) is 110 cm³/mol. The Morgan fingerprint density at radius 2 is 1.83 bits per heavy atom. The first-order valence-corrected chi connectivity index (χ1v) is 9.39.